The second-order valence-electron chi connectivity index (χ2n) is 11.1. The second-order valence-corrected chi connectivity index (χ2v) is 12.3. The number of fused-ring (bicyclic) bond motifs is 1. The zero-order valence-electron chi connectivity index (χ0n) is 24.9. The Morgan fingerprint density at radius 1 is 1.02 bits per heavy atom. The van der Waals surface area contributed by atoms with E-state index in [9.17, 15) is 14.9 Å². The molecule has 4 aromatic carbocycles. The first kappa shape index (κ1) is 31.8. The summed E-state index contributed by atoms with van der Waals surface area (Å²) in [5.41, 5.74) is 3.34. The van der Waals surface area contributed by atoms with Gasteiger partial charge in [-0.1, -0.05) is 68.4 Å². The number of thiocarbonyl (C=S) groups is 1. The fourth-order valence-electron chi connectivity index (χ4n) is 5.12. The van der Waals surface area contributed by atoms with Crippen LogP contribution in [0.15, 0.2) is 108 Å². The van der Waals surface area contributed by atoms with Gasteiger partial charge in [0.25, 0.3) is 5.69 Å². The lowest BCUT2D eigenvalue weighted by atomic mass is 10.0. The van der Waals surface area contributed by atoms with Crippen molar-refractivity contribution >= 4 is 61.3 Å². The number of halogens is 1. The molecule has 5 rings (SSSR count). The van der Waals surface area contributed by atoms with Crippen molar-refractivity contribution < 1.29 is 9.72 Å². The Bertz CT molecular complexity index is 1820. The predicted molar refractivity (Wildman–Crippen MR) is 185 cm³/mol. The molecule has 0 radical (unpaired) electrons. The number of nitro benzene ring substituents is 1. The van der Waals surface area contributed by atoms with E-state index in [-0.39, 0.29) is 30.0 Å². The van der Waals surface area contributed by atoms with Crippen molar-refractivity contribution in [2.24, 2.45) is 5.92 Å². The Morgan fingerprint density at radius 2 is 1.73 bits per heavy atom. The first-order valence-corrected chi connectivity index (χ1v) is 15.7. The highest BCUT2D eigenvalue weighted by Gasteiger charge is 2.23. The minimum absolute atomic E-state index is 0.00184. The number of non-ortho nitro benzene ring substituents is 1. The van der Waals surface area contributed by atoms with Gasteiger partial charge in [0.1, 0.15) is 0 Å². The van der Waals surface area contributed by atoms with E-state index >= 15 is 0 Å². The first-order valence-electron chi connectivity index (χ1n) is 14.5. The van der Waals surface area contributed by atoms with Crippen molar-refractivity contribution in [3.05, 3.63) is 129 Å². The maximum absolute atomic E-state index is 13.5. The zero-order valence-corrected chi connectivity index (χ0v) is 27.3. The molecule has 9 nitrogen and oxygen atoms in total. The molecular formula is C34H33BrN6O3S. The summed E-state index contributed by atoms with van der Waals surface area (Å²) in [6, 6.07) is 28.3. The summed E-state index contributed by atoms with van der Waals surface area (Å²) >= 11 is 9.58. The lowest BCUT2D eigenvalue weighted by Gasteiger charge is -2.33. The molecule has 2 N–H and O–H groups in total. The number of carbonyl (C=O) groups is 1. The van der Waals surface area contributed by atoms with Gasteiger partial charge in [0.15, 0.2) is 5.11 Å². The molecule has 1 aromatic heterocycles. The summed E-state index contributed by atoms with van der Waals surface area (Å²) in [6.07, 6.45) is 3.32. The minimum Gasteiger partial charge on any atom is -0.351 e. The molecule has 0 aliphatic carbocycles. The third-order valence-electron chi connectivity index (χ3n) is 7.61. The Kier molecular flexibility index (Phi) is 10.2. The summed E-state index contributed by atoms with van der Waals surface area (Å²) in [7, 11) is 0. The quantitative estimate of drug-likeness (QED) is 0.0856. The molecule has 0 fully saturated rings. The topological polar surface area (TPSA) is 105 Å². The van der Waals surface area contributed by atoms with E-state index < -0.39 is 4.92 Å². The van der Waals surface area contributed by atoms with Gasteiger partial charge >= 0.3 is 0 Å². The third-order valence-corrected chi connectivity index (χ3v) is 8.66. The van der Waals surface area contributed by atoms with Crippen LogP contribution in [0.2, 0.25) is 0 Å². The summed E-state index contributed by atoms with van der Waals surface area (Å²) < 4.78 is 2.66. The highest BCUT2D eigenvalue weighted by Crippen LogP contribution is 2.24. The number of aromatic nitrogens is 2. The Morgan fingerprint density at radius 3 is 2.47 bits per heavy atom. The lowest BCUT2D eigenvalue weighted by molar-refractivity contribution is -0.384. The van der Waals surface area contributed by atoms with Gasteiger partial charge in [0, 0.05) is 47.6 Å². The molecule has 1 atom stereocenters. The number of imidazole rings is 1. The molecule has 230 valence electrons. The molecule has 5 aromatic rings. The molecule has 0 saturated carbocycles. The van der Waals surface area contributed by atoms with Gasteiger partial charge in [0.2, 0.25) is 5.91 Å². The lowest BCUT2D eigenvalue weighted by Crippen LogP contribution is -2.49. The van der Waals surface area contributed by atoms with Crippen LogP contribution in [0.4, 0.5) is 11.4 Å². The normalized spacial score (nSPS) is 11.7. The van der Waals surface area contributed by atoms with Gasteiger partial charge in [0.05, 0.1) is 29.1 Å². The molecule has 0 bridgehead atoms. The monoisotopic (exact) mass is 684 g/mol. The average Bonchev–Trinajstić information content (AvgIpc) is 3.49. The van der Waals surface area contributed by atoms with Gasteiger partial charge in [-0.15, -0.1) is 0 Å². The van der Waals surface area contributed by atoms with Crippen LogP contribution in [0.5, 0.6) is 0 Å². The van der Waals surface area contributed by atoms with Crippen molar-refractivity contribution in [2.75, 3.05) is 11.9 Å². The van der Waals surface area contributed by atoms with E-state index in [2.05, 4.69) is 80.6 Å². The largest absolute Gasteiger partial charge is 0.351 e. The van der Waals surface area contributed by atoms with E-state index in [4.69, 9.17) is 12.2 Å². The van der Waals surface area contributed by atoms with Gasteiger partial charge in [-0.05, 0) is 74.7 Å². The molecule has 0 aliphatic heterocycles. The Hall–Kier alpha value is -4.61. The highest BCUT2D eigenvalue weighted by molar-refractivity contribution is 9.10. The van der Waals surface area contributed by atoms with E-state index in [1.165, 1.54) is 12.1 Å². The van der Waals surface area contributed by atoms with Crippen molar-refractivity contribution in [1.82, 2.24) is 19.8 Å². The molecule has 0 saturated heterocycles. The van der Waals surface area contributed by atoms with E-state index in [1.807, 2.05) is 36.4 Å². The maximum atomic E-state index is 13.5. The summed E-state index contributed by atoms with van der Waals surface area (Å²) in [4.78, 5) is 30.4. The van der Waals surface area contributed by atoms with Gasteiger partial charge in [-0.25, -0.2) is 4.98 Å². The Labute approximate surface area is 275 Å². The number of para-hydroxylation sites is 1. The number of hydrogen-bond donors (Lipinski definition) is 2. The highest BCUT2D eigenvalue weighted by atomic mass is 79.9. The number of rotatable bonds is 11. The van der Waals surface area contributed by atoms with Crippen molar-refractivity contribution in [1.29, 1.82) is 0 Å². The molecule has 0 aliphatic rings. The molecule has 0 unspecified atom stereocenters. The minimum atomic E-state index is -0.443. The van der Waals surface area contributed by atoms with Gasteiger partial charge in [-0.3, -0.25) is 14.9 Å². The van der Waals surface area contributed by atoms with Crippen LogP contribution >= 0.6 is 28.1 Å². The van der Waals surface area contributed by atoms with Crippen LogP contribution in [0, 0.1) is 16.0 Å². The summed E-state index contributed by atoms with van der Waals surface area (Å²) in [5.74, 6) is -0.0537. The van der Waals surface area contributed by atoms with Crippen LogP contribution in [-0.2, 0) is 17.8 Å². The second kappa shape index (κ2) is 14.4. The molecule has 45 heavy (non-hydrogen) atoms. The first-order chi connectivity index (χ1) is 21.7. The van der Waals surface area contributed by atoms with Crippen LogP contribution in [0.25, 0.3) is 16.5 Å². The van der Waals surface area contributed by atoms with E-state index in [0.29, 0.717) is 29.6 Å². The number of carbonyl (C=O) groups excluding carboxylic acids is 1. The smallest absolute Gasteiger partial charge is 0.269 e. The number of amides is 1. The van der Waals surface area contributed by atoms with E-state index in [1.54, 1.807) is 29.2 Å². The number of anilines is 1. The van der Waals surface area contributed by atoms with E-state index in [0.717, 1.165) is 26.5 Å². The average molecular weight is 686 g/mol. The third kappa shape index (κ3) is 7.92. The standard InChI is InChI=1S/C34H33BrN6O3S/c1-23(2)32(37-33(42)18-28-19-36-22-40(28)26-14-16-27(17-15-26)41(43)44)21-39(34(45)38-31-13-6-5-12-30(31)35)20-25-10-7-9-24-8-3-4-11-29(24)25/h3-17,19,22-23,32H,18,20-21H2,1-2H3,(H,37,42)(H,38,45)/t32-/m1/s1. The van der Waals surface area contributed by atoms with Crippen LogP contribution in [-0.4, -0.2) is 43.0 Å². The summed E-state index contributed by atoms with van der Waals surface area (Å²) in [5, 5.41) is 20.5. The maximum Gasteiger partial charge on any atom is 0.269 e. The molecule has 1 heterocycles. The summed E-state index contributed by atoms with van der Waals surface area (Å²) in [6.45, 7) is 5.17. The SMILES string of the molecule is CC(C)[C@@H](CN(Cc1cccc2ccccc12)C(=S)Nc1ccccc1Br)NC(=O)Cc1cncn1-c1ccc([N+](=O)[O-])cc1. The number of nitrogens with one attached hydrogen (secondary N) is 2. The Balaban J connectivity index is 1.36. The number of hydrogen-bond acceptors (Lipinski definition) is 5. The predicted octanol–water partition coefficient (Wildman–Crippen LogP) is 7.28. The van der Waals surface area contributed by atoms with Crippen LogP contribution in [0.1, 0.15) is 25.1 Å². The van der Waals surface area contributed by atoms with Crippen molar-refractivity contribution in [3.63, 3.8) is 0 Å². The van der Waals surface area contributed by atoms with Gasteiger partial charge in [-0.2, -0.15) is 0 Å². The van der Waals surface area contributed by atoms with Crippen molar-refractivity contribution in [3.8, 4) is 5.69 Å². The molecule has 1 amide bonds. The molecule has 0 spiro atoms. The number of benzene rings is 4. The van der Waals surface area contributed by atoms with Gasteiger partial charge < -0.3 is 20.1 Å². The zero-order chi connectivity index (χ0) is 31.9. The molecular weight excluding hydrogens is 652 g/mol. The fraction of sp³-hybridized carbons (Fsp3) is 0.206. The van der Waals surface area contributed by atoms with Crippen molar-refractivity contribution in [2.45, 2.75) is 32.9 Å². The fourth-order valence-corrected chi connectivity index (χ4v) is 5.75. The van der Waals surface area contributed by atoms with Crippen LogP contribution < -0.4 is 10.6 Å². The molecule has 11 heteroatoms. The van der Waals surface area contributed by atoms with Crippen LogP contribution in [0.3, 0.4) is 0 Å². The number of nitrogens with zero attached hydrogens (tertiary/aromatic N) is 4. The number of nitro groups is 1.